The van der Waals surface area contributed by atoms with Crippen LogP contribution < -0.4 is 10.1 Å². The topological polar surface area (TPSA) is 21.3 Å². The van der Waals surface area contributed by atoms with Crippen LogP contribution in [0.4, 0.5) is 0 Å². The molecule has 0 aliphatic carbocycles. The second-order valence-corrected chi connectivity index (χ2v) is 19.9. The molecule has 0 saturated heterocycles. The normalized spacial score (nSPS) is 13.4. The van der Waals surface area contributed by atoms with Gasteiger partial charge in [-0.25, -0.2) is 0 Å². The Bertz CT molecular complexity index is 562. The third kappa shape index (κ3) is 6.84. The van der Waals surface area contributed by atoms with Crippen molar-refractivity contribution in [3.05, 3.63) is 29.8 Å². The molecular formula is C20H35NOSi2. The highest BCUT2D eigenvalue weighted by atomic mass is 28.4. The molecule has 2 nitrogen and oxygen atoms in total. The molecule has 0 saturated carbocycles. The first-order chi connectivity index (χ1) is 11.1. The van der Waals surface area contributed by atoms with Gasteiger partial charge in [0.2, 0.25) is 0 Å². The van der Waals surface area contributed by atoms with Crippen LogP contribution in [0.15, 0.2) is 24.3 Å². The van der Waals surface area contributed by atoms with Gasteiger partial charge in [0.25, 0.3) is 0 Å². The molecule has 0 radical (unpaired) electrons. The van der Waals surface area contributed by atoms with Crippen molar-refractivity contribution in [2.75, 3.05) is 7.11 Å². The number of ether oxygens (including phenoxy) is 1. The van der Waals surface area contributed by atoms with Crippen LogP contribution >= 0.6 is 0 Å². The molecule has 1 N–H and O–H groups in total. The average Bonchev–Trinajstić information content (AvgIpc) is 2.47. The molecule has 0 fully saturated rings. The number of hydrogen-bond acceptors (Lipinski definition) is 2. The molecule has 0 aliphatic rings. The standard InChI is InChI=1S/C20H35NOSi2/c1-9-11-18(21-20(23(3,4)5)24(6,7)8)15-14-17-12-10-13-19(16-17)22-2/h10,12-13,16,18,20-21H,9,11H2,1-8H3. The quantitative estimate of drug-likeness (QED) is 0.549. The highest BCUT2D eigenvalue weighted by Gasteiger charge is 2.38. The number of rotatable bonds is 7. The molecule has 0 heterocycles. The van der Waals surface area contributed by atoms with Gasteiger partial charge < -0.3 is 10.1 Å². The Morgan fingerprint density at radius 1 is 1.08 bits per heavy atom. The summed E-state index contributed by atoms with van der Waals surface area (Å²) in [6.45, 7) is 17.1. The first kappa shape index (κ1) is 21.0. The van der Waals surface area contributed by atoms with Crippen molar-refractivity contribution in [3.8, 4) is 17.6 Å². The van der Waals surface area contributed by atoms with Crippen LogP contribution in [-0.2, 0) is 0 Å². The Morgan fingerprint density at radius 2 is 1.71 bits per heavy atom. The third-order valence-electron chi connectivity index (χ3n) is 4.14. The molecule has 4 heteroatoms. The molecule has 1 aromatic rings. The summed E-state index contributed by atoms with van der Waals surface area (Å²) in [6.07, 6.45) is 2.25. The van der Waals surface area contributed by atoms with Crippen LogP contribution in [0.3, 0.4) is 0 Å². The Labute approximate surface area is 151 Å². The van der Waals surface area contributed by atoms with E-state index in [9.17, 15) is 0 Å². The fourth-order valence-electron chi connectivity index (χ4n) is 3.36. The van der Waals surface area contributed by atoms with E-state index in [1.807, 2.05) is 24.3 Å². The van der Waals surface area contributed by atoms with E-state index in [-0.39, 0.29) is 6.04 Å². The van der Waals surface area contributed by atoms with Gasteiger partial charge in [-0.3, -0.25) is 0 Å². The number of benzene rings is 1. The van der Waals surface area contributed by atoms with E-state index >= 15 is 0 Å². The van der Waals surface area contributed by atoms with Crippen LogP contribution in [0.2, 0.25) is 39.3 Å². The van der Waals surface area contributed by atoms with Gasteiger partial charge in [-0.1, -0.05) is 70.5 Å². The van der Waals surface area contributed by atoms with Crippen LogP contribution in [-0.4, -0.2) is 34.6 Å². The monoisotopic (exact) mass is 361 g/mol. The SMILES string of the molecule is CCCC(C#Cc1cccc(OC)c1)NC([Si](C)(C)C)[Si](C)(C)C. The molecule has 0 aromatic heterocycles. The summed E-state index contributed by atoms with van der Waals surface area (Å²) in [7, 11) is -0.853. The van der Waals surface area contributed by atoms with Crippen LogP contribution in [0, 0.1) is 11.8 Å². The summed E-state index contributed by atoms with van der Waals surface area (Å²) in [5, 5.41) is 4.62. The van der Waals surface area contributed by atoms with Crippen molar-refractivity contribution in [1.29, 1.82) is 0 Å². The minimum Gasteiger partial charge on any atom is -0.497 e. The fraction of sp³-hybridized carbons (Fsp3) is 0.600. The van der Waals surface area contributed by atoms with Crippen molar-refractivity contribution in [2.24, 2.45) is 0 Å². The van der Waals surface area contributed by atoms with Gasteiger partial charge in [0, 0.05) is 5.56 Å². The zero-order chi connectivity index (χ0) is 18.4. The Kier molecular flexibility index (Phi) is 7.79. The number of hydrogen-bond donors (Lipinski definition) is 1. The molecule has 0 amide bonds. The third-order valence-corrected chi connectivity index (χ3v) is 13.1. The highest BCUT2D eigenvalue weighted by molar-refractivity contribution is 6.96. The van der Waals surface area contributed by atoms with E-state index in [4.69, 9.17) is 4.74 Å². The summed E-state index contributed by atoms with van der Waals surface area (Å²) in [4.78, 5) is 0. The molecule has 0 spiro atoms. The lowest BCUT2D eigenvalue weighted by atomic mass is 10.1. The van der Waals surface area contributed by atoms with Crippen molar-refractivity contribution in [3.63, 3.8) is 0 Å². The van der Waals surface area contributed by atoms with Crippen LogP contribution in [0.1, 0.15) is 25.3 Å². The molecular weight excluding hydrogens is 326 g/mol. The molecule has 0 bridgehead atoms. The maximum absolute atomic E-state index is 5.29. The second-order valence-electron chi connectivity index (χ2n) is 8.67. The van der Waals surface area contributed by atoms with Gasteiger partial charge in [0.15, 0.2) is 0 Å². The summed E-state index contributed by atoms with van der Waals surface area (Å²) in [6, 6.07) is 8.28. The van der Waals surface area contributed by atoms with Gasteiger partial charge in [0.1, 0.15) is 5.75 Å². The Morgan fingerprint density at radius 3 is 2.21 bits per heavy atom. The molecule has 1 atom stereocenters. The smallest absolute Gasteiger partial charge is 0.120 e. The fourth-order valence-corrected chi connectivity index (χ4v) is 15.2. The summed E-state index contributed by atoms with van der Waals surface area (Å²) >= 11 is 0. The predicted octanol–water partition coefficient (Wildman–Crippen LogP) is 4.93. The molecule has 134 valence electrons. The van der Waals surface area contributed by atoms with E-state index in [1.165, 1.54) is 0 Å². The van der Waals surface area contributed by atoms with Gasteiger partial charge in [-0.15, -0.1) is 0 Å². The predicted molar refractivity (Wildman–Crippen MR) is 112 cm³/mol. The molecule has 1 rings (SSSR count). The second kappa shape index (κ2) is 8.89. The zero-order valence-electron chi connectivity index (χ0n) is 16.8. The summed E-state index contributed by atoms with van der Waals surface area (Å²) < 4.78 is 5.29. The number of nitrogens with one attached hydrogen (secondary N) is 1. The minimum absolute atomic E-state index is 0.268. The largest absolute Gasteiger partial charge is 0.497 e. The van der Waals surface area contributed by atoms with Gasteiger partial charge in [-0.2, -0.15) is 0 Å². The Hall–Kier alpha value is -1.03. The molecule has 1 unspecified atom stereocenters. The lowest BCUT2D eigenvalue weighted by Gasteiger charge is -2.40. The van der Waals surface area contributed by atoms with Crippen LogP contribution in [0.25, 0.3) is 0 Å². The maximum atomic E-state index is 5.29. The van der Waals surface area contributed by atoms with E-state index < -0.39 is 16.1 Å². The van der Waals surface area contributed by atoms with Gasteiger partial charge in [-0.05, 0) is 29.9 Å². The van der Waals surface area contributed by atoms with Gasteiger partial charge in [0.05, 0.1) is 29.3 Å². The van der Waals surface area contributed by atoms with Gasteiger partial charge >= 0.3 is 0 Å². The van der Waals surface area contributed by atoms with Crippen molar-refractivity contribution in [2.45, 2.75) is 70.4 Å². The summed E-state index contributed by atoms with van der Waals surface area (Å²) in [5.41, 5.74) is 1.02. The number of methoxy groups -OCH3 is 1. The molecule has 0 aliphatic heterocycles. The first-order valence-corrected chi connectivity index (χ1v) is 16.1. The van der Waals surface area contributed by atoms with Crippen molar-refractivity contribution in [1.82, 2.24) is 5.32 Å². The first-order valence-electron chi connectivity index (χ1n) is 8.99. The maximum Gasteiger partial charge on any atom is 0.120 e. The van der Waals surface area contributed by atoms with E-state index in [0.717, 1.165) is 24.2 Å². The average molecular weight is 362 g/mol. The highest BCUT2D eigenvalue weighted by Crippen LogP contribution is 2.20. The Balaban J connectivity index is 3.00. The zero-order valence-corrected chi connectivity index (χ0v) is 18.8. The lowest BCUT2D eigenvalue weighted by molar-refractivity contribution is 0.414. The van der Waals surface area contributed by atoms with Crippen molar-refractivity contribution < 1.29 is 4.74 Å². The summed E-state index contributed by atoms with van der Waals surface area (Å²) in [5.74, 6) is 7.71. The molecule has 24 heavy (non-hydrogen) atoms. The van der Waals surface area contributed by atoms with E-state index in [1.54, 1.807) is 7.11 Å². The van der Waals surface area contributed by atoms with E-state index in [0.29, 0.717) is 5.29 Å². The molecule has 1 aromatic carbocycles. The van der Waals surface area contributed by atoms with E-state index in [2.05, 4.69) is 63.4 Å². The minimum atomic E-state index is -1.27. The lowest BCUT2D eigenvalue weighted by Crippen LogP contribution is -2.63. The van der Waals surface area contributed by atoms with Crippen molar-refractivity contribution >= 4 is 16.1 Å². The van der Waals surface area contributed by atoms with Crippen LogP contribution in [0.5, 0.6) is 5.75 Å².